The summed E-state index contributed by atoms with van der Waals surface area (Å²) in [6, 6.07) is 3.00. The first kappa shape index (κ1) is 29.9. The van der Waals surface area contributed by atoms with Crippen molar-refractivity contribution in [2.45, 2.75) is 78.1 Å². The fraction of sp³-hybridized carbons (Fsp3) is 0.452. The maximum Gasteiger partial charge on any atom is 0.341 e. The minimum Gasteiger partial charge on any atom is -0.462 e. The minimum absolute atomic E-state index is 0.111. The molecule has 5 rings (SSSR count). The maximum absolute atomic E-state index is 13.2. The average Bonchev–Trinajstić information content (AvgIpc) is 3.26. The lowest BCUT2D eigenvalue weighted by atomic mass is 10.1. The molecule has 11 heteroatoms. The van der Waals surface area contributed by atoms with Crippen LogP contribution < -0.4 is 10.6 Å². The van der Waals surface area contributed by atoms with Crippen LogP contribution in [0.5, 0.6) is 0 Å². The number of carbonyl (C=O) groups excluding carboxylic acids is 4. The van der Waals surface area contributed by atoms with E-state index < -0.39 is 23.8 Å². The Bertz CT molecular complexity index is 1380. The van der Waals surface area contributed by atoms with Crippen molar-refractivity contribution in [2.24, 2.45) is 0 Å². The van der Waals surface area contributed by atoms with Crippen LogP contribution in [0.15, 0.2) is 18.3 Å². The Morgan fingerprint density at radius 1 is 0.714 bits per heavy atom. The van der Waals surface area contributed by atoms with Gasteiger partial charge in [0.25, 0.3) is 11.8 Å². The molecule has 0 unspecified atom stereocenters. The van der Waals surface area contributed by atoms with E-state index >= 15 is 0 Å². The molecule has 222 valence electrons. The molecule has 0 bridgehead atoms. The quantitative estimate of drug-likeness (QED) is 0.218. The molecular weight excluding hydrogens is 574 g/mol. The first-order chi connectivity index (χ1) is 20.4. The summed E-state index contributed by atoms with van der Waals surface area (Å²) < 4.78 is 10.6. The zero-order chi connectivity index (χ0) is 29.6. The van der Waals surface area contributed by atoms with Crippen LogP contribution in [0, 0.1) is 0 Å². The van der Waals surface area contributed by atoms with E-state index in [1.165, 1.54) is 41.0 Å². The van der Waals surface area contributed by atoms with E-state index in [2.05, 4.69) is 15.6 Å². The number of pyridine rings is 1. The zero-order valence-corrected chi connectivity index (χ0v) is 25.6. The summed E-state index contributed by atoms with van der Waals surface area (Å²) in [5.74, 6) is -1.76. The van der Waals surface area contributed by atoms with E-state index in [4.69, 9.17) is 9.47 Å². The number of hydrogen-bond acceptors (Lipinski definition) is 9. The fourth-order valence-corrected chi connectivity index (χ4v) is 8.05. The van der Waals surface area contributed by atoms with Gasteiger partial charge in [0.1, 0.15) is 15.7 Å². The number of nitrogens with zero attached hydrogens (tertiary/aromatic N) is 1. The molecule has 3 heterocycles. The number of anilines is 2. The van der Waals surface area contributed by atoms with Gasteiger partial charge in [-0.3, -0.25) is 14.6 Å². The largest absolute Gasteiger partial charge is 0.462 e. The second kappa shape index (κ2) is 13.6. The lowest BCUT2D eigenvalue weighted by Crippen LogP contribution is -2.18. The molecule has 2 amide bonds. The summed E-state index contributed by atoms with van der Waals surface area (Å²) in [6.07, 6.45) is 10.9. The molecule has 0 aliphatic heterocycles. The number of amides is 2. The number of aryl methyl sites for hydroxylation is 2. The van der Waals surface area contributed by atoms with Gasteiger partial charge >= 0.3 is 11.9 Å². The number of nitrogens with one attached hydrogen (secondary N) is 2. The van der Waals surface area contributed by atoms with E-state index in [1.807, 2.05) is 0 Å². The molecule has 0 atom stereocenters. The Kier molecular flexibility index (Phi) is 9.69. The van der Waals surface area contributed by atoms with Crippen molar-refractivity contribution in [1.82, 2.24) is 4.98 Å². The summed E-state index contributed by atoms with van der Waals surface area (Å²) in [7, 11) is 0. The molecule has 0 aromatic carbocycles. The van der Waals surface area contributed by atoms with E-state index in [9.17, 15) is 19.2 Å². The molecule has 3 aromatic rings. The molecule has 2 N–H and O–H groups in total. The molecule has 42 heavy (non-hydrogen) atoms. The monoisotopic (exact) mass is 609 g/mol. The smallest absolute Gasteiger partial charge is 0.341 e. The van der Waals surface area contributed by atoms with E-state index in [1.54, 1.807) is 13.8 Å². The van der Waals surface area contributed by atoms with Crippen LogP contribution in [0.1, 0.15) is 115 Å². The van der Waals surface area contributed by atoms with Crippen molar-refractivity contribution in [3.8, 4) is 0 Å². The zero-order valence-electron chi connectivity index (χ0n) is 23.9. The number of fused-ring (bicyclic) bond motifs is 2. The molecular formula is C31H35N3O6S2. The molecule has 2 aliphatic carbocycles. The Morgan fingerprint density at radius 2 is 1.21 bits per heavy atom. The van der Waals surface area contributed by atoms with Gasteiger partial charge in [-0.15, -0.1) is 22.7 Å². The summed E-state index contributed by atoms with van der Waals surface area (Å²) in [5.41, 5.74) is 3.20. The Labute approximate surface area is 253 Å². The second-order valence-corrected chi connectivity index (χ2v) is 12.5. The van der Waals surface area contributed by atoms with Gasteiger partial charge in [0, 0.05) is 16.0 Å². The number of thiophene rings is 2. The van der Waals surface area contributed by atoms with E-state index in [0.717, 1.165) is 85.1 Å². The normalized spacial score (nSPS) is 14.5. The second-order valence-electron chi connectivity index (χ2n) is 10.3. The van der Waals surface area contributed by atoms with Gasteiger partial charge in [-0.25, -0.2) is 9.59 Å². The van der Waals surface area contributed by atoms with Gasteiger partial charge in [-0.2, -0.15) is 0 Å². The first-order valence-corrected chi connectivity index (χ1v) is 16.3. The molecule has 0 saturated heterocycles. The summed E-state index contributed by atoms with van der Waals surface area (Å²) in [6.45, 7) is 4.02. The lowest BCUT2D eigenvalue weighted by molar-refractivity contribution is 0.0517. The lowest BCUT2D eigenvalue weighted by Gasteiger charge is -2.09. The Morgan fingerprint density at radius 3 is 1.69 bits per heavy atom. The van der Waals surface area contributed by atoms with Crippen molar-refractivity contribution >= 4 is 56.4 Å². The third-order valence-corrected chi connectivity index (χ3v) is 9.93. The van der Waals surface area contributed by atoms with Gasteiger partial charge in [0.2, 0.25) is 0 Å². The highest BCUT2D eigenvalue weighted by atomic mass is 32.1. The number of rotatable bonds is 8. The Hall–Kier alpha value is -3.57. The van der Waals surface area contributed by atoms with Crippen molar-refractivity contribution < 1.29 is 28.7 Å². The van der Waals surface area contributed by atoms with Crippen LogP contribution in [-0.4, -0.2) is 42.0 Å². The molecule has 0 fully saturated rings. The van der Waals surface area contributed by atoms with Crippen LogP contribution in [0.3, 0.4) is 0 Å². The van der Waals surface area contributed by atoms with Crippen LogP contribution in [0.4, 0.5) is 10.0 Å². The average molecular weight is 610 g/mol. The number of carbonyl (C=O) groups is 4. The number of hydrogen-bond donors (Lipinski definition) is 2. The number of esters is 2. The van der Waals surface area contributed by atoms with E-state index in [-0.39, 0.29) is 24.5 Å². The summed E-state index contributed by atoms with van der Waals surface area (Å²) >= 11 is 2.85. The molecule has 9 nitrogen and oxygen atoms in total. The first-order valence-electron chi connectivity index (χ1n) is 14.6. The van der Waals surface area contributed by atoms with Crippen molar-refractivity contribution in [2.75, 3.05) is 23.8 Å². The standard InChI is InChI=1S/C31H35N3O6S2/c1-3-39-30(37)24-19-11-7-5-9-13-22(19)41-28(24)33-26(35)18-15-16-21(32-17-18)27(36)34-29-25(31(38)40-4-2)20-12-8-6-10-14-23(20)42-29/h15-17H,3-14H2,1-2H3,(H,33,35)(H,34,36). The molecule has 2 aliphatic rings. The minimum atomic E-state index is -0.476. The van der Waals surface area contributed by atoms with Gasteiger partial charge in [-0.05, 0) is 88.5 Å². The highest BCUT2D eigenvalue weighted by Gasteiger charge is 2.28. The predicted molar refractivity (Wildman–Crippen MR) is 163 cm³/mol. The molecule has 0 saturated carbocycles. The van der Waals surface area contributed by atoms with Crippen molar-refractivity contribution in [3.63, 3.8) is 0 Å². The van der Waals surface area contributed by atoms with Crippen LogP contribution >= 0.6 is 22.7 Å². The van der Waals surface area contributed by atoms with Crippen molar-refractivity contribution in [1.29, 1.82) is 0 Å². The summed E-state index contributed by atoms with van der Waals surface area (Å²) in [5, 5.41) is 6.70. The van der Waals surface area contributed by atoms with Crippen LogP contribution in [-0.2, 0) is 35.2 Å². The van der Waals surface area contributed by atoms with Gasteiger partial charge in [-0.1, -0.05) is 12.8 Å². The molecule has 0 spiro atoms. The summed E-state index contributed by atoms with van der Waals surface area (Å²) in [4.78, 5) is 58.4. The van der Waals surface area contributed by atoms with Gasteiger partial charge in [0.15, 0.2) is 0 Å². The fourth-order valence-electron chi connectivity index (χ4n) is 5.50. The number of aromatic nitrogens is 1. The highest BCUT2D eigenvalue weighted by Crippen LogP contribution is 2.39. The third-order valence-electron chi connectivity index (χ3n) is 7.51. The van der Waals surface area contributed by atoms with Crippen molar-refractivity contribution in [3.05, 3.63) is 61.6 Å². The van der Waals surface area contributed by atoms with Crippen LogP contribution in [0.25, 0.3) is 0 Å². The topological polar surface area (TPSA) is 124 Å². The highest BCUT2D eigenvalue weighted by molar-refractivity contribution is 7.17. The predicted octanol–water partition coefficient (Wildman–Crippen LogP) is 6.60. The molecule has 3 aromatic heterocycles. The SMILES string of the molecule is CCOC(=O)c1c(NC(=O)c2ccc(C(=O)Nc3sc4c(c3C(=O)OCC)CCCCC4)nc2)sc2c1CCCCC2. The number of ether oxygens (including phenoxy) is 2. The Balaban J connectivity index is 1.33. The van der Waals surface area contributed by atoms with Gasteiger partial charge in [0.05, 0.1) is 29.9 Å². The molecule has 0 radical (unpaired) electrons. The van der Waals surface area contributed by atoms with E-state index in [0.29, 0.717) is 21.1 Å². The maximum atomic E-state index is 13.2. The van der Waals surface area contributed by atoms with Gasteiger partial charge < -0.3 is 20.1 Å². The third kappa shape index (κ3) is 6.42. The van der Waals surface area contributed by atoms with Crippen LogP contribution in [0.2, 0.25) is 0 Å².